The molecule has 14 heavy (non-hydrogen) atoms. The van der Waals surface area contributed by atoms with Crippen molar-refractivity contribution in [1.82, 2.24) is 9.80 Å². The lowest BCUT2D eigenvalue weighted by Gasteiger charge is -2.51. The zero-order valence-corrected chi connectivity index (χ0v) is 8.91. The number of nitrogens with zero attached hydrogens (tertiary/aromatic N) is 2. The maximum atomic E-state index is 8.30. The molecule has 0 aliphatic carbocycles. The Hall–Kier alpha value is -0.120. The Morgan fingerprint density at radius 2 is 2.21 bits per heavy atom. The lowest BCUT2D eigenvalue weighted by atomic mass is 9.92. The molecule has 3 heterocycles. The zero-order chi connectivity index (χ0) is 10.5. The molecule has 0 aromatic heterocycles. The van der Waals surface area contributed by atoms with Crippen LogP contribution in [0.25, 0.3) is 0 Å². The molecule has 3 aliphatic heterocycles. The summed E-state index contributed by atoms with van der Waals surface area (Å²) in [5, 5.41) is 0. The summed E-state index contributed by atoms with van der Waals surface area (Å²) in [6.07, 6.45) is 3.50. The first-order valence-corrected chi connectivity index (χ1v) is 5.77. The van der Waals surface area contributed by atoms with Crippen molar-refractivity contribution < 1.29 is 6.11 Å². The van der Waals surface area contributed by atoms with Gasteiger partial charge in [-0.25, -0.2) is 0 Å². The van der Waals surface area contributed by atoms with Crippen LogP contribution >= 0.6 is 0 Å². The van der Waals surface area contributed by atoms with Crippen molar-refractivity contribution in [3.63, 3.8) is 0 Å². The summed E-state index contributed by atoms with van der Waals surface area (Å²) >= 11 is 0. The fraction of sp³-hybridized carbons (Fsp3) is 1.00. The molecule has 3 aliphatic rings. The molecule has 0 aromatic rings. The van der Waals surface area contributed by atoms with Crippen LogP contribution in [-0.2, 0) is 4.74 Å². The fourth-order valence-electron chi connectivity index (χ4n) is 3.11. The van der Waals surface area contributed by atoms with Crippen LogP contribution in [0.4, 0.5) is 0 Å². The topological polar surface area (TPSA) is 15.7 Å². The third-order valence-electron chi connectivity index (χ3n) is 3.73. The third kappa shape index (κ3) is 1.47. The summed E-state index contributed by atoms with van der Waals surface area (Å²) in [4.78, 5) is 4.75. The Morgan fingerprint density at radius 3 is 3.14 bits per heavy atom. The second-order valence-corrected chi connectivity index (χ2v) is 4.93. The van der Waals surface area contributed by atoms with E-state index in [9.17, 15) is 0 Å². The highest BCUT2D eigenvalue weighted by atomic mass is 16.5. The number of hydrogen-bond donors (Lipinski definition) is 0. The molecule has 3 rings (SSSR count). The van der Waals surface area contributed by atoms with Crippen LogP contribution in [-0.4, -0.2) is 61.3 Å². The summed E-state index contributed by atoms with van der Waals surface area (Å²) in [6.45, 7) is 3.74. The van der Waals surface area contributed by atoms with Crippen molar-refractivity contribution in [2.24, 2.45) is 0 Å². The van der Waals surface area contributed by atoms with E-state index in [0.29, 0.717) is 6.04 Å². The Balaban J connectivity index is 1.82. The standard InChI is InChI=1S/C11H20N2O/c1-12-6-9-7-13-5-3-2-4-10(13)11(8-12)14-9/h9-11H,2-8H2,1H3/t9?,10-,11-/m0/s1/i9D. The van der Waals surface area contributed by atoms with Crippen molar-refractivity contribution >= 4 is 0 Å². The Labute approximate surface area is 87.4 Å². The van der Waals surface area contributed by atoms with E-state index < -0.39 is 6.08 Å². The van der Waals surface area contributed by atoms with Crippen LogP contribution in [0.15, 0.2) is 0 Å². The minimum absolute atomic E-state index is 0.273. The van der Waals surface area contributed by atoms with E-state index in [0.717, 1.165) is 19.6 Å². The molecule has 0 N–H and O–H groups in total. The second kappa shape index (κ2) is 3.47. The van der Waals surface area contributed by atoms with Gasteiger partial charge in [-0.3, -0.25) is 4.90 Å². The predicted octanol–water partition coefficient (Wildman–Crippen LogP) is 0.554. The smallest absolute Gasteiger partial charge is 0.0861 e. The van der Waals surface area contributed by atoms with Crippen molar-refractivity contribution in [2.45, 2.75) is 37.5 Å². The minimum atomic E-state index is -0.661. The van der Waals surface area contributed by atoms with Crippen molar-refractivity contribution in [1.29, 1.82) is 0 Å². The fourth-order valence-corrected chi connectivity index (χ4v) is 3.11. The first-order chi connectivity index (χ1) is 7.16. The maximum absolute atomic E-state index is 8.30. The van der Waals surface area contributed by atoms with Crippen molar-refractivity contribution in [3.8, 4) is 0 Å². The lowest BCUT2D eigenvalue weighted by Crippen LogP contribution is -2.64. The zero-order valence-electron chi connectivity index (χ0n) is 9.91. The SMILES string of the molecule is [2H]C12CN(C)C[C@H](O1)[C@@H]1CCCCN1C2. The van der Waals surface area contributed by atoms with E-state index in [4.69, 9.17) is 6.11 Å². The van der Waals surface area contributed by atoms with Gasteiger partial charge in [0.15, 0.2) is 0 Å². The molecule has 2 bridgehead atoms. The van der Waals surface area contributed by atoms with E-state index in [1.54, 1.807) is 0 Å². The number of hydrogen-bond acceptors (Lipinski definition) is 3. The first kappa shape index (κ1) is 8.08. The first-order valence-electron chi connectivity index (χ1n) is 6.27. The van der Waals surface area contributed by atoms with Gasteiger partial charge in [-0.1, -0.05) is 6.42 Å². The van der Waals surface area contributed by atoms with Gasteiger partial charge in [0.05, 0.1) is 13.6 Å². The molecule has 3 fully saturated rings. The molecule has 0 radical (unpaired) electrons. The number of fused-ring (bicyclic) bond motifs is 4. The van der Waals surface area contributed by atoms with Gasteiger partial charge in [0.25, 0.3) is 0 Å². The van der Waals surface area contributed by atoms with Crippen LogP contribution in [0.1, 0.15) is 20.6 Å². The van der Waals surface area contributed by atoms with E-state index in [1.807, 2.05) is 0 Å². The summed E-state index contributed by atoms with van der Waals surface area (Å²) in [6, 6.07) is 0.583. The number of likely N-dealkylation sites (N-methyl/N-ethyl adjacent to an activating group) is 1. The second-order valence-electron chi connectivity index (χ2n) is 4.93. The van der Waals surface area contributed by atoms with Crippen LogP contribution in [0.3, 0.4) is 0 Å². The van der Waals surface area contributed by atoms with Gasteiger partial charge < -0.3 is 9.64 Å². The van der Waals surface area contributed by atoms with Gasteiger partial charge in [-0.05, 0) is 26.4 Å². The van der Waals surface area contributed by atoms with Gasteiger partial charge in [0.2, 0.25) is 0 Å². The van der Waals surface area contributed by atoms with E-state index in [1.165, 1.54) is 25.8 Å². The summed E-state index contributed by atoms with van der Waals surface area (Å²) in [5.74, 6) is 0. The molecule has 3 saturated heterocycles. The summed E-state index contributed by atoms with van der Waals surface area (Å²) in [7, 11) is 2.11. The molecule has 3 heteroatoms. The maximum Gasteiger partial charge on any atom is 0.0861 e. The van der Waals surface area contributed by atoms with Crippen LogP contribution < -0.4 is 0 Å². The highest BCUT2D eigenvalue weighted by Gasteiger charge is 2.41. The molecular formula is C11H20N2O. The summed E-state index contributed by atoms with van der Waals surface area (Å²) < 4.78 is 14.2. The largest absolute Gasteiger partial charge is 0.369 e. The monoisotopic (exact) mass is 197 g/mol. The van der Waals surface area contributed by atoms with Gasteiger partial charge in [-0.2, -0.15) is 0 Å². The van der Waals surface area contributed by atoms with Gasteiger partial charge in [0.1, 0.15) is 0 Å². The van der Waals surface area contributed by atoms with Gasteiger partial charge in [-0.15, -0.1) is 0 Å². The van der Waals surface area contributed by atoms with E-state index in [-0.39, 0.29) is 6.10 Å². The molecule has 0 aromatic carbocycles. The lowest BCUT2D eigenvalue weighted by molar-refractivity contribution is -0.169. The molecule has 3 nitrogen and oxygen atoms in total. The molecule has 3 atom stereocenters. The van der Waals surface area contributed by atoms with E-state index >= 15 is 0 Å². The summed E-state index contributed by atoms with van der Waals surface area (Å²) in [5.41, 5.74) is 0. The highest BCUT2D eigenvalue weighted by molar-refractivity contribution is 4.94. The number of morpholine rings is 2. The van der Waals surface area contributed by atoms with Crippen LogP contribution in [0.5, 0.6) is 0 Å². The molecule has 80 valence electrons. The van der Waals surface area contributed by atoms with E-state index in [2.05, 4.69) is 16.8 Å². The average molecular weight is 197 g/mol. The van der Waals surface area contributed by atoms with Gasteiger partial charge >= 0.3 is 0 Å². The normalized spacial score (nSPS) is 51.1. The molecule has 0 amide bonds. The van der Waals surface area contributed by atoms with Crippen LogP contribution in [0, 0.1) is 0 Å². The molecule has 0 spiro atoms. The van der Waals surface area contributed by atoms with Crippen molar-refractivity contribution in [2.75, 3.05) is 33.2 Å². The molecule has 1 unspecified atom stereocenters. The number of ether oxygens (including phenoxy) is 1. The third-order valence-corrected chi connectivity index (χ3v) is 3.73. The van der Waals surface area contributed by atoms with Crippen LogP contribution in [0.2, 0.25) is 0 Å². The Kier molecular flexibility index (Phi) is 2.00. The highest BCUT2D eigenvalue weighted by Crippen LogP contribution is 2.29. The average Bonchev–Trinajstić information content (AvgIpc) is 2.15. The quantitative estimate of drug-likeness (QED) is 0.564. The minimum Gasteiger partial charge on any atom is -0.369 e. The Morgan fingerprint density at radius 1 is 1.29 bits per heavy atom. The number of piperidine rings is 1. The predicted molar refractivity (Wildman–Crippen MR) is 55.4 cm³/mol. The van der Waals surface area contributed by atoms with Crippen molar-refractivity contribution in [3.05, 3.63) is 0 Å². The molecule has 0 saturated carbocycles. The molecular weight excluding hydrogens is 176 g/mol. The Bertz CT molecular complexity index is 263. The van der Waals surface area contributed by atoms with Gasteiger partial charge in [0, 0.05) is 25.7 Å². The number of rotatable bonds is 0.